The number of aromatic nitrogens is 3. The Bertz CT molecular complexity index is 1350. The number of benzene rings is 1. The fourth-order valence-electron chi connectivity index (χ4n) is 5.53. The number of ketones is 1. The first-order chi connectivity index (χ1) is 17.1. The number of nitrogens with zero attached hydrogens (tertiary/aromatic N) is 4. The first-order valence-electron chi connectivity index (χ1n) is 12.5. The van der Waals surface area contributed by atoms with Crippen molar-refractivity contribution in [2.45, 2.75) is 75.6 Å². The number of carboxylic acids is 1. The molecular formula is C28H31BrN4O3. The van der Waals surface area contributed by atoms with Crippen LogP contribution in [0.1, 0.15) is 64.3 Å². The number of carboxylic acid groups (broad SMARTS) is 1. The molecule has 8 heteroatoms. The van der Waals surface area contributed by atoms with Crippen LogP contribution in [0.5, 0.6) is 0 Å². The van der Waals surface area contributed by atoms with E-state index in [4.69, 9.17) is 4.98 Å². The summed E-state index contributed by atoms with van der Waals surface area (Å²) in [6.07, 6.45) is 6.66. The SMILES string of the molecule is CC(C)(C)c1nc2cccnc2n1-c1ccc(C[C@H](N=C2C(Br)C(=O)C23CCCCC3)C(=O)O)cc1. The van der Waals surface area contributed by atoms with E-state index < -0.39 is 22.3 Å². The normalized spacial score (nSPS) is 21.6. The average Bonchev–Trinajstić information content (AvgIpc) is 3.27. The van der Waals surface area contributed by atoms with Crippen molar-refractivity contribution < 1.29 is 14.7 Å². The summed E-state index contributed by atoms with van der Waals surface area (Å²) in [6, 6.07) is 10.8. The molecule has 1 aromatic carbocycles. The molecule has 2 aliphatic carbocycles. The molecule has 36 heavy (non-hydrogen) atoms. The van der Waals surface area contributed by atoms with Gasteiger partial charge in [-0.2, -0.15) is 0 Å². The molecule has 0 saturated heterocycles. The van der Waals surface area contributed by atoms with Crippen molar-refractivity contribution in [2.75, 3.05) is 0 Å². The van der Waals surface area contributed by atoms with Crippen molar-refractivity contribution in [1.82, 2.24) is 14.5 Å². The van der Waals surface area contributed by atoms with Crippen LogP contribution in [0.3, 0.4) is 0 Å². The quantitative estimate of drug-likeness (QED) is 0.426. The summed E-state index contributed by atoms with van der Waals surface area (Å²) in [5, 5.41) is 9.96. The second kappa shape index (κ2) is 9.21. The third-order valence-corrected chi connectivity index (χ3v) is 8.28. The standard InChI is InChI=1S/C28H31BrN4O3/c1-27(2,3)26-32-19-8-7-15-30-24(19)33(26)18-11-9-17(10-12-18)16-20(25(35)36)31-22-21(29)23(34)28(22)13-5-4-6-14-28/h7-12,15,20-21H,4-6,13-14,16H2,1-3H3,(H,35,36)/t20-,21?/m0/s1. The van der Waals surface area contributed by atoms with E-state index in [2.05, 4.69) is 51.2 Å². The molecule has 1 unspecified atom stereocenters. The number of pyridine rings is 1. The van der Waals surface area contributed by atoms with Gasteiger partial charge in [0.1, 0.15) is 16.2 Å². The van der Waals surface area contributed by atoms with Crippen LogP contribution >= 0.6 is 15.9 Å². The average molecular weight is 551 g/mol. The van der Waals surface area contributed by atoms with Crippen molar-refractivity contribution in [1.29, 1.82) is 0 Å². The molecule has 2 heterocycles. The monoisotopic (exact) mass is 550 g/mol. The predicted octanol–water partition coefficient (Wildman–Crippen LogP) is 5.45. The van der Waals surface area contributed by atoms with Crippen LogP contribution < -0.4 is 0 Å². The first kappa shape index (κ1) is 24.8. The second-order valence-electron chi connectivity index (χ2n) is 11.0. The van der Waals surface area contributed by atoms with Gasteiger partial charge in [0, 0.05) is 29.4 Å². The zero-order valence-corrected chi connectivity index (χ0v) is 22.5. The number of aliphatic carboxylic acids is 1. The summed E-state index contributed by atoms with van der Waals surface area (Å²) in [5.41, 5.74) is 3.41. The fourth-order valence-corrected chi connectivity index (χ4v) is 6.52. The maximum atomic E-state index is 12.7. The molecule has 1 N–H and O–H groups in total. The van der Waals surface area contributed by atoms with Gasteiger partial charge in [-0.25, -0.2) is 14.8 Å². The predicted molar refractivity (Wildman–Crippen MR) is 143 cm³/mol. The number of fused-ring (bicyclic) bond motifs is 1. The van der Waals surface area contributed by atoms with Gasteiger partial charge in [-0.1, -0.05) is 68.1 Å². The second-order valence-corrected chi connectivity index (χ2v) is 11.9. The summed E-state index contributed by atoms with van der Waals surface area (Å²) in [4.78, 5) is 38.5. The highest BCUT2D eigenvalue weighted by atomic mass is 79.9. The van der Waals surface area contributed by atoms with Gasteiger partial charge in [-0.05, 0) is 42.7 Å². The first-order valence-corrected chi connectivity index (χ1v) is 13.5. The maximum Gasteiger partial charge on any atom is 0.328 e. The zero-order valence-electron chi connectivity index (χ0n) is 20.9. The Balaban J connectivity index is 1.44. The molecule has 0 radical (unpaired) electrons. The van der Waals surface area contributed by atoms with Crippen molar-refractivity contribution in [3.05, 3.63) is 54.0 Å². The highest BCUT2D eigenvalue weighted by molar-refractivity contribution is 9.10. The van der Waals surface area contributed by atoms with Gasteiger partial charge in [0.15, 0.2) is 17.5 Å². The van der Waals surface area contributed by atoms with Crippen molar-refractivity contribution in [2.24, 2.45) is 10.4 Å². The molecular weight excluding hydrogens is 520 g/mol. The maximum absolute atomic E-state index is 12.7. The Morgan fingerprint density at radius 2 is 1.89 bits per heavy atom. The smallest absolute Gasteiger partial charge is 0.328 e. The van der Waals surface area contributed by atoms with Crippen LogP contribution in [0.15, 0.2) is 47.6 Å². The molecule has 7 nitrogen and oxygen atoms in total. The van der Waals surface area contributed by atoms with Crippen LogP contribution in [0.4, 0.5) is 0 Å². The van der Waals surface area contributed by atoms with Gasteiger partial charge in [0.25, 0.3) is 0 Å². The minimum Gasteiger partial charge on any atom is -0.480 e. The Labute approximate surface area is 219 Å². The van der Waals surface area contributed by atoms with Gasteiger partial charge in [-0.15, -0.1) is 0 Å². The van der Waals surface area contributed by atoms with E-state index in [1.54, 1.807) is 6.20 Å². The highest BCUT2D eigenvalue weighted by Crippen LogP contribution is 2.49. The number of halogens is 1. The molecule has 2 aromatic heterocycles. The lowest BCUT2D eigenvalue weighted by molar-refractivity contribution is -0.138. The number of imidazole rings is 1. The molecule has 5 rings (SSSR count). The molecule has 2 atom stereocenters. The summed E-state index contributed by atoms with van der Waals surface area (Å²) in [6.45, 7) is 6.37. The van der Waals surface area contributed by atoms with Gasteiger partial charge in [-0.3, -0.25) is 14.4 Å². The number of hydrogen-bond donors (Lipinski definition) is 1. The Morgan fingerprint density at radius 3 is 2.53 bits per heavy atom. The number of carbonyl (C=O) groups excluding carboxylic acids is 1. The van der Waals surface area contributed by atoms with Crippen LogP contribution in [-0.4, -0.2) is 48.0 Å². The summed E-state index contributed by atoms with van der Waals surface area (Å²) < 4.78 is 2.07. The number of rotatable bonds is 5. The summed E-state index contributed by atoms with van der Waals surface area (Å²) in [7, 11) is 0. The lowest BCUT2D eigenvalue weighted by Gasteiger charge is -2.47. The van der Waals surface area contributed by atoms with E-state index in [1.165, 1.54) is 0 Å². The van der Waals surface area contributed by atoms with Crippen LogP contribution in [0, 0.1) is 5.41 Å². The molecule has 1 spiro atoms. The summed E-state index contributed by atoms with van der Waals surface area (Å²) in [5.74, 6) is 0.0937. The molecule has 0 bridgehead atoms. The zero-order chi connectivity index (χ0) is 25.7. The molecule has 0 aliphatic heterocycles. The third kappa shape index (κ3) is 4.19. The molecule has 188 valence electrons. The number of carbonyl (C=O) groups is 2. The van der Waals surface area contributed by atoms with E-state index in [-0.39, 0.29) is 17.6 Å². The van der Waals surface area contributed by atoms with Crippen molar-refractivity contribution in [3.8, 4) is 5.69 Å². The van der Waals surface area contributed by atoms with E-state index in [9.17, 15) is 14.7 Å². The minimum absolute atomic E-state index is 0.158. The third-order valence-electron chi connectivity index (χ3n) is 7.43. The number of aliphatic imine (C=N–C) groups is 1. The highest BCUT2D eigenvalue weighted by Gasteiger charge is 2.58. The van der Waals surface area contributed by atoms with E-state index in [0.29, 0.717) is 0 Å². The fraction of sp³-hybridized carbons (Fsp3) is 0.464. The van der Waals surface area contributed by atoms with E-state index in [1.807, 2.05) is 36.4 Å². The summed E-state index contributed by atoms with van der Waals surface area (Å²) >= 11 is 3.45. The number of hydrogen-bond acceptors (Lipinski definition) is 5. The van der Waals surface area contributed by atoms with Crippen LogP contribution in [0.2, 0.25) is 0 Å². The molecule has 2 fully saturated rings. The van der Waals surface area contributed by atoms with Crippen molar-refractivity contribution in [3.63, 3.8) is 0 Å². The largest absolute Gasteiger partial charge is 0.480 e. The van der Waals surface area contributed by atoms with E-state index >= 15 is 0 Å². The molecule has 2 aliphatic rings. The van der Waals surface area contributed by atoms with Crippen LogP contribution in [-0.2, 0) is 21.4 Å². The Morgan fingerprint density at radius 1 is 1.19 bits per heavy atom. The lowest BCUT2D eigenvalue weighted by atomic mass is 9.58. The number of alkyl halides is 1. The molecule has 2 saturated carbocycles. The van der Waals surface area contributed by atoms with Crippen molar-refractivity contribution >= 4 is 44.6 Å². The van der Waals surface area contributed by atoms with Crippen LogP contribution in [0.25, 0.3) is 16.9 Å². The van der Waals surface area contributed by atoms with Gasteiger partial charge in [0.2, 0.25) is 0 Å². The van der Waals surface area contributed by atoms with Gasteiger partial charge >= 0.3 is 5.97 Å². The molecule has 3 aromatic rings. The Hall–Kier alpha value is -2.87. The topological polar surface area (TPSA) is 97.4 Å². The van der Waals surface area contributed by atoms with Gasteiger partial charge < -0.3 is 5.11 Å². The molecule has 0 amide bonds. The Kier molecular flexibility index (Phi) is 6.35. The lowest BCUT2D eigenvalue weighted by Crippen LogP contribution is -2.61. The minimum atomic E-state index is -0.976. The van der Waals surface area contributed by atoms with E-state index in [0.717, 1.165) is 66.1 Å². The van der Waals surface area contributed by atoms with Gasteiger partial charge in [0.05, 0.1) is 5.41 Å². The number of Topliss-reactive ketones (excluding diaryl/α,β-unsaturated/α-hetero) is 1.